The smallest absolute Gasteiger partial charge is 0.299 e. The van der Waals surface area contributed by atoms with E-state index in [4.69, 9.17) is 13.9 Å². The summed E-state index contributed by atoms with van der Waals surface area (Å²) < 4.78 is 43.6. The van der Waals surface area contributed by atoms with Crippen LogP contribution in [0.25, 0.3) is 0 Å². The van der Waals surface area contributed by atoms with Gasteiger partial charge in [-0.05, 0) is 49.6 Å². The maximum absolute atomic E-state index is 13.0. The zero-order valence-electron chi connectivity index (χ0n) is 15.2. The van der Waals surface area contributed by atoms with E-state index >= 15 is 0 Å². The Kier molecular flexibility index (Phi) is 6.64. The number of aromatic nitrogens is 3. The van der Waals surface area contributed by atoms with E-state index in [2.05, 4.69) is 15.3 Å². The van der Waals surface area contributed by atoms with Gasteiger partial charge in [0.25, 0.3) is 6.43 Å². The molecule has 2 aromatic heterocycles. The average Bonchev–Trinajstić information content (AvgIpc) is 3.32. The summed E-state index contributed by atoms with van der Waals surface area (Å²) in [7, 11) is 0. The largest absolute Gasteiger partial charge is 0.494 e. The number of halogens is 2. The molecule has 3 rings (SSSR count). The van der Waals surface area contributed by atoms with E-state index in [1.54, 1.807) is 30.5 Å². The van der Waals surface area contributed by atoms with E-state index in [0.29, 0.717) is 23.9 Å². The van der Waals surface area contributed by atoms with E-state index in [0.717, 1.165) is 10.4 Å². The summed E-state index contributed by atoms with van der Waals surface area (Å²) in [6.45, 7) is 2.73. The minimum Gasteiger partial charge on any atom is -0.494 e. The normalized spacial score (nSPS) is 11.5. The third-order valence-corrected chi connectivity index (χ3v) is 4.13. The molecule has 0 spiro atoms. The highest BCUT2D eigenvalue weighted by molar-refractivity contribution is 7.98. The Bertz CT molecular complexity index is 925. The number of benzene rings is 1. The molecule has 0 radical (unpaired) electrons. The minimum atomic E-state index is -2.78. The van der Waals surface area contributed by atoms with E-state index in [9.17, 15) is 8.78 Å². The van der Waals surface area contributed by atoms with Crippen LogP contribution < -0.4 is 9.47 Å². The van der Waals surface area contributed by atoms with Crippen molar-refractivity contribution in [3.63, 3.8) is 0 Å². The van der Waals surface area contributed by atoms with Crippen molar-refractivity contribution in [3.05, 3.63) is 53.7 Å². The highest BCUT2D eigenvalue weighted by atomic mass is 32.2. The van der Waals surface area contributed by atoms with E-state index in [1.165, 1.54) is 18.0 Å². The first-order chi connectivity index (χ1) is 13.6. The van der Waals surface area contributed by atoms with Crippen molar-refractivity contribution in [3.8, 4) is 11.5 Å². The summed E-state index contributed by atoms with van der Waals surface area (Å²) in [4.78, 5) is 0. The van der Waals surface area contributed by atoms with Crippen molar-refractivity contribution in [2.75, 3.05) is 12.9 Å². The molecule has 0 atom stereocenters. The third-order valence-electron chi connectivity index (χ3n) is 3.51. The van der Waals surface area contributed by atoms with Gasteiger partial charge in [0.05, 0.1) is 12.8 Å². The Morgan fingerprint density at radius 3 is 2.50 bits per heavy atom. The fraction of sp³-hybridized carbons (Fsp3) is 0.278. The lowest BCUT2D eigenvalue weighted by atomic mass is 10.3. The van der Waals surface area contributed by atoms with Crippen molar-refractivity contribution < 1.29 is 22.7 Å². The van der Waals surface area contributed by atoms with Crippen LogP contribution in [0.4, 0.5) is 8.78 Å². The van der Waals surface area contributed by atoms with Crippen LogP contribution in [0.15, 0.2) is 51.1 Å². The lowest BCUT2D eigenvalue weighted by Gasteiger charge is -2.06. The van der Waals surface area contributed by atoms with Crippen molar-refractivity contribution in [2.45, 2.75) is 25.1 Å². The number of thioether (sulfide) groups is 1. The van der Waals surface area contributed by atoms with Gasteiger partial charge in [-0.25, -0.2) is 8.78 Å². The van der Waals surface area contributed by atoms with Crippen LogP contribution in [-0.4, -0.2) is 34.0 Å². The molecular formula is C18H18F2N4O3S. The van der Waals surface area contributed by atoms with Gasteiger partial charge >= 0.3 is 0 Å². The van der Waals surface area contributed by atoms with Gasteiger partial charge < -0.3 is 13.9 Å². The first-order valence-corrected chi connectivity index (χ1v) is 9.59. The molecule has 0 saturated carbocycles. The van der Waals surface area contributed by atoms with Crippen LogP contribution in [0, 0.1) is 0 Å². The molecule has 2 heterocycles. The van der Waals surface area contributed by atoms with Crippen LogP contribution in [0.2, 0.25) is 0 Å². The number of rotatable bonds is 9. The van der Waals surface area contributed by atoms with Crippen LogP contribution in [0.3, 0.4) is 0 Å². The first kappa shape index (κ1) is 19.9. The predicted molar refractivity (Wildman–Crippen MR) is 100 cm³/mol. The third kappa shape index (κ3) is 4.89. The molecule has 0 fully saturated rings. The van der Waals surface area contributed by atoms with Crippen molar-refractivity contribution in [1.29, 1.82) is 0 Å². The highest BCUT2D eigenvalue weighted by Gasteiger charge is 2.19. The summed E-state index contributed by atoms with van der Waals surface area (Å²) in [5.41, 5.74) is 0. The number of nitrogens with zero attached hydrogens (tertiary/aromatic N) is 4. The zero-order chi connectivity index (χ0) is 19.9. The van der Waals surface area contributed by atoms with Crippen LogP contribution in [0.5, 0.6) is 11.5 Å². The van der Waals surface area contributed by atoms with Gasteiger partial charge in [0.2, 0.25) is 11.0 Å². The van der Waals surface area contributed by atoms with Gasteiger partial charge in [-0.1, -0.05) is 11.8 Å². The molecule has 28 heavy (non-hydrogen) atoms. The van der Waals surface area contributed by atoms with Crippen molar-refractivity contribution >= 4 is 18.0 Å². The van der Waals surface area contributed by atoms with Gasteiger partial charge in [0, 0.05) is 0 Å². The zero-order valence-corrected chi connectivity index (χ0v) is 16.0. The molecular weight excluding hydrogens is 390 g/mol. The standard InChI is InChI=1S/C18H18F2N4O3S/c1-3-25-12-4-6-13(7-5-12)26-11-15-9-8-14(27-15)10-21-24-17(16(19)20)22-23-18(24)28-2/h4-10,16H,3,11H2,1-2H3/b21-10+. The maximum Gasteiger partial charge on any atom is 0.299 e. The quantitative estimate of drug-likeness (QED) is 0.386. The summed E-state index contributed by atoms with van der Waals surface area (Å²) >= 11 is 1.17. The molecule has 0 aliphatic rings. The van der Waals surface area contributed by atoms with Gasteiger partial charge in [-0.3, -0.25) is 0 Å². The van der Waals surface area contributed by atoms with Crippen LogP contribution in [-0.2, 0) is 6.61 Å². The Morgan fingerprint density at radius 1 is 1.14 bits per heavy atom. The molecule has 148 valence electrons. The van der Waals surface area contributed by atoms with Crippen molar-refractivity contribution in [1.82, 2.24) is 14.9 Å². The monoisotopic (exact) mass is 408 g/mol. The number of ether oxygens (including phenoxy) is 2. The molecule has 1 aromatic carbocycles. The average molecular weight is 408 g/mol. The number of alkyl halides is 2. The Labute approximate surface area is 164 Å². The minimum absolute atomic E-state index is 0.215. The van der Waals surface area contributed by atoms with Crippen LogP contribution in [0.1, 0.15) is 30.7 Å². The van der Waals surface area contributed by atoms with Gasteiger partial charge in [-0.2, -0.15) is 9.78 Å². The molecule has 0 N–H and O–H groups in total. The first-order valence-electron chi connectivity index (χ1n) is 8.37. The lowest BCUT2D eigenvalue weighted by molar-refractivity contribution is 0.135. The predicted octanol–water partition coefficient (Wildman–Crippen LogP) is 4.39. The molecule has 0 aliphatic heterocycles. The number of hydrogen-bond donors (Lipinski definition) is 0. The summed E-state index contributed by atoms with van der Waals surface area (Å²) in [5.74, 6) is 1.88. The van der Waals surface area contributed by atoms with Crippen molar-refractivity contribution in [2.24, 2.45) is 5.10 Å². The molecule has 7 nitrogen and oxygen atoms in total. The Morgan fingerprint density at radius 2 is 1.86 bits per heavy atom. The second-order valence-corrected chi connectivity index (χ2v) is 6.17. The second kappa shape index (κ2) is 9.36. The SMILES string of the molecule is CCOc1ccc(OCc2ccc(/C=N/n3c(SC)nnc3C(F)F)o2)cc1. The summed E-state index contributed by atoms with van der Waals surface area (Å²) in [5, 5.41) is 11.4. The number of hydrogen-bond acceptors (Lipinski definition) is 7. The molecule has 0 aliphatic carbocycles. The maximum atomic E-state index is 13.0. The highest BCUT2D eigenvalue weighted by Crippen LogP contribution is 2.22. The van der Waals surface area contributed by atoms with Gasteiger partial charge in [0.15, 0.2) is 0 Å². The lowest BCUT2D eigenvalue weighted by Crippen LogP contribution is -2.00. The fourth-order valence-corrected chi connectivity index (χ4v) is 2.69. The summed E-state index contributed by atoms with van der Waals surface area (Å²) in [6, 6.07) is 10.7. The molecule has 0 saturated heterocycles. The van der Waals surface area contributed by atoms with E-state index in [-0.39, 0.29) is 11.8 Å². The van der Waals surface area contributed by atoms with E-state index in [1.807, 2.05) is 19.1 Å². The molecule has 10 heteroatoms. The summed E-state index contributed by atoms with van der Waals surface area (Å²) in [6.07, 6.45) is 0.254. The molecule has 0 amide bonds. The molecule has 3 aromatic rings. The fourth-order valence-electron chi connectivity index (χ4n) is 2.26. The number of furan rings is 1. The topological polar surface area (TPSA) is 74.7 Å². The van der Waals surface area contributed by atoms with E-state index < -0.39 is 12.2 Å². The Hall–Kier alpha value is -2.88. The van der Waals surface area contributed by atoms with Gasteiger partial charge in [0.1, 0.15) is 29.6 Å². The van der Waals surface area contributed by atoms with Gasteiger partial charge in [-0.15, -0.1) is 10.2 Å². The second-order valence-electron chi connectivity index (χ2n) is 5.40. The molecule has 0 unspecified atom stereocenters. The van der Waals surface area contributed by atoms with Crippen LogP contribution >= 0.6 is 11.8 Å². The molecule has 0 bridgehead atoms. The Balaban J connectivity index is 1.63.